The predicted molar refractivity (Wildman–Crippen MR) is 59.8 cm³/mol. The first-order valence-corrected chi connectivity index (χ1v) is 5.14. The molecular formula is C11H22N2O. The molecule has 3 N–H and O–H groups in total. The summed E-state index contributed by atoms with van der Waals surface area (Å²) in [7, 11) is 0. The number of carbonyl (C=O) groups is 1. The number of hydrogen-bond donors (Lipinski definition) is 2. The summed E-state index contributed by atoms with van der Waals surface area (Å²) < 4.78 is 0. The first-order chi connectivity index (χ1) is 6.47. The zero-order chi connectivity index (χ0) is 11.1. The molecule has 1 amide bonds. The van der Waals surface area contributed by atoms with Gasteiger partial charge in [0.1, 0.15) is 0 Å². The number of hydrogen-bond acceptors (Lipinski definition) is 2. The Morgan fingerprint density at radius 2 is 2.07 bits per heavy atom. The van der Waals surface area contributed by atoms with Gasteiger partial charge in [0.15, 0.2) is 0 Å². The van der Waals surface area contributed by atoms with Crippen LogP contribution in [0.2, 0.25) is 0 Å². The van der Waals surface area contributed by atoms with Crippen molar-refractivity contribution in [3.8, 4) is 0 Å². The fraction of sp³-hybridized carbons (Fsp3) is 0.727. The van der Waals surface area contributed by atoms with Gasteiger partial charge in [-0.15, -0.1) is 6.58 Å². The molecule has 14 heavy (non-hydrogen) atoms. The molecule has 0 spiro atoms. The van der Waals surface area contributed by atoms with Gasteiger partial charge in [0.2, 0.25) is 5.91 Å². The van der Waals surface area contributed by atoms with Crippen molar-refractivity contribution in [2.45, 2.75) is 45.7 Å². The lowest BCUT2D eigenvalue weighted by Gasteiger charge is -2.17. The smallest absolute Gasteiger partial charge is 0.237 e. The number of nitrogens with two attached hydrogens (primary N) is 1. The highest BCUT2D eigenvalue weighted by Gasteiger charge is 2.15. The summed E-state index contributed by atoms with van der Waals surface area (Å²) in [4.78, 5) is 11.5. The van der Waals surface area contributed by atoms with Crippen LogP contribution in [0.1, 0.15) is 33.6 Å². The number of nitrogens with one attached hydrogen (secondary N) is 1. The van der Waals surface area contributed by atoms with Crippen LogP contribution >= 0.6 is 0 Å². The van der Waals surface area contributed by atoms with Crippen LogP contribution in [0.4, 0.5) is 0 Å². The SMILES string of the molecule is C=CCC(C)NC(=O)[C@H](N)CC(C)C. The normalized spacial score (nSPS) is 14.9. The first kappa shape index (κ1) is 13.2. The van der Waals surface area contributed by atoms with Gasteiger partial charge >= 0.3 is 0 Å². The molecule has 0 aromatic rings. The van der Waals surface area contributed by atoms with E-state index >= 15 is 0 Å². The quantitative estimate of drug-likeness (QED) is 0.634. The molecule has 1 unspecified atom stereocenters. The molecule has 0 radical (unpaired) electrons. The third-order valence-electron chi connectivity index (χ3n) is 1.97. The monoisotopic (exact) mass is 198 g/mol. The van der Waals surface area contributed by atoms with Crippen LogP contribution in [0.15, 0.2) is 12.7 Å². The fourth-order valence-electron chi connectivity index (χ4n) is 1.27. The average Bonchev–Trinajstić information content (AvgIpc) is 2.02. The Hall–Kier alpha value is -0.830. The molecule has 0 fully saturated rings. The van der Waals surface area contributed by atoms with Crippen molar-refractivity contribution in [2.75, 3.05) is 0 Å². The summed E-state index contributed by atoms with van der Waals surface area (Å²) in [6.07, 6.45) is 3.30. The molecule has 3 heteroatoms. The van der Waals surface area contributed by atoms with Crippen molar-refractivity contribution in [1.29, 1.82) is 0 Å². The van der Waals surface area contributed by atoms with E-state index in [0.29, 0.717) is 5.92 Å². The van der Waals surface area contributed by atoms with Crippen LogP contribution in [0.25, 0.3) is 0 Å². The van der Waals surface area contributed by atoms with Gasteiger partial charge in [-0.3, -0.25) is 4.79 Å². The summed E-state index contributed by atoms with van der Waals surface area (Å²) in [6, 6.07) is -0.263. The molecule has 0 aromatic heterocycles. The minimum atomic E-state index is -0.387. The number of carbonyl (C=O) groups excluding carboxylic acids is 1. The highest BCUT2D eigenvalue weighted by molar-refractivity contribution is 5.81. The third-order valence-corrected chi connectivity index (χ3v) is 1.97. The van der Waals surface area contributed by atoms with E-state index in [4.69, 9.17) is 5.73 Å². The summed E-state index contributed by atoms with van der Waals surface area (Å²) in [6.45, 7) is 9.68. The molecule has 2 atom stereocenters. The second kappa shape index (κ2) is 6.60. The van der Waals surface area contributed by atoms with Crippen LogP contribution in [-0.2, 0) is 4.79 Å². The van der Waals surface area contributed by atoms with E-state index in [9.17, 15) is 4.79 Å². The van der Waals surface area contributed by atoms with Gasteiger partial charge in [0.25, 0.3) is 0 Å². The summed E-state index contributed by atoms with van der Waals surface area (Å²) in [5, 5.41) is 2.85. The Kier molecular flexibility index (Phi) is 6.21. The Labute approximate surface area is 86.8 Å². The Morgan fingerprint density at radius 3 is 2.50 bits per heavy atom. The van der Waals surface area contributed by atoms with Crippen molar-refractivity contribution in [3.63, 3.8) is 0 Å². The van der Waals surface area contributed by atoms with Crippen LogP contribution in [0.5, 0.6) is 0 Å². The first-order valence-electron chi connectivity index (χ1n) is 5.14. The predicted octanol–water partition coefficient (Wildman–Crippen LogP) is 1.44. The third kappa shape index (κ3) is 5.75. The van der Waals surface area contributed by atoms with Crippen LogP contribution in [0.3, 0.4) is 0 Å². The Bertz CT molecular complexity index is 190. The number of rotatable bonds is 6. The maximum absolute atomic E-state index is 11.5. The molecule has 0 saturated carbocycles. The van der Waals surface area contributed by atoms with Gasteiger partial charge in [-0.1, -0.05) is 19.9 Å². The molecule has 0 aliphatic carbocycles. The largest absolute Gasteiger partial charge is 0.352 e. The fourth-order valence-corrected chi connectivity index (χ4v) is 1.27. The minimum Gasteiger partial charge on any atom is -0.352 e. The van der Waals surface area contributed by atoms with Crippen molar-refractivity contribution < 1.29 is 4.79 Å². The van der Waals surface area contributed by atoms with E-state index in [2.05, 4.69) is 25.7 Å². The van der Waals surface area contributed by atoms with Crippen molar-refractivity contribution in [1.82, 2.24) is 5.32 Å². The van der Waals surface area contributed by atoms with E-state index in [1.165, 1.54) is 0 Å². The second-order valence-electron chi connectivity index (χ2n) is 4.17. The van der Waals surface area contributed by atoms with E-state index < -0.39 is 0 Å². The van der Waals surface area contributed by atoms with E-state index in [-0.39, 0.29) is 18.0 Å². The molecule has 0 heterocycles. The molecule has 0 saturated heterocycles. The van der Waals surface area contributed by atoms with E-state index in [0.717, 1.165) is 12.8 Å². The molecule has 3 nitrogen and oxygen atoms in total. The van der Waals surface area contributed by atoms with Gasteiger partial charge in [0, 0.05) is 6.04 Å². The zero-order valence-electron chi connectivity index (χ0n) is 9.42. The molecule has 0 aliphatic heterocycles. The maximum atomic E-state index is 11.5. The molecule has 82 valence electrons. The van der Waals surface area contributed by atoms with Crippen molar-refractivity contribution in [3.05, 3.63) is 12.7 Å². The Morgan fingerprint density at radius 1 is 1.50 bits per heavy atom. The van der Waals surface area contributed by atoms with Crippen LogP contribution in [-0.4, -0.2) is 18.0 Å². The van der Waals surface area contributed by atoms with Gasteiger partial charge in [-0.05, 0) is 25.7 Å². The lowest BCUT2D eigenvalue weighted by molar-refractivity contribution is -0.123. The standard InChI is InChI=1S/C11H22N2O/c1-5-6-9(4)13-11(14)10(12)7-8(2)3/h5,8-10H,1,6-7,12H2,2-4H3,(H,13,14)/t9?,10-/m1/s1. The minimum absolute atomic E-state index is 0.0620. The highest BCUT2D eigenvalue weighted by Crippen LogP contribution is 2.03. The van der Waals surface area contributed by atoms with Crippen LogP contribution < -0.4 is 11.1 Å². The lowest BCUT2D eigenvalue weighted by atomic mass is 10.0. The molecule has 0 bridgehead atoms. The molecular weight excluding hydrogens is 176 g/mol. The molecule has 0 aliphatic rings. The average molecular weight is 198 g/mol. The van der Waals surface area contributed by atoms with Gasteiger partial charge < -0.3 is 11.1 Å². The molecule has 0 aromatic carbocycles. The molecule has 0 rings (SSSR count). The second-order valence-corrected chi connectivity index (χ2v) is 4.17. The number of amides is 1. The highest BCUT2D eigenvalue weighted by atomic mass is 16.2. The summed E-state index contributed by atoms with van der Waals surface area (Å²) in [5.74, 6) is 0.388. The Balaban J connectivity index is 3.88. The van der Waals surface area contributed by atoms with E-state index in [1.807, 2.05) is 6.92 Å². The topological polar surface area (TPSA) is 55.1 Å². The maximum Gasteiger partial charge on any atom is 0.237 e. The van der Waals surface area contributed by atoms with Gasteiger partial charge in [-0.2, -0.15) is 0 Å². The van der Waals surface area contributed by atoms with Gasteiger partial charge in [0.05, 0.1) is 6.04 Å². The van der Waals surface area contributed by atoms with Crippen molar-refractivity contribution >= 4 is 5.91 Å². The zero-order valence-corrected chi connectivity index (χ0v) is 9.42. The van der Waals surface area contributed by atoms with Crippen molar-refractivity contribution in [2.24, 2.45) is 11.7 Å². The summed E-state index contributed by atoms with van der Waals surface area (Å²) in [5.41, 5.74) is 5.72. The summed E-state index contributed by atoms with van der Waals surface area (Å²) >= 11 is 0. The van der Waals surface area contributed by atoms with Crippen LogP contribution in [0, 0.1) is 5.92 Å². The van der Waals surface area contributed by atoms with E-state index in [1.54, 1.807) is 6.08 Å². The van der Waals surface area contributed by atoms with Gasteiger partial charge in [-0.25, -0.2) is 0 Å². The lowest BCUT2D eigenvalue weighted by Crippen LogP contribution is -2.44.